The third-order valence-electron chi connectivity index (χ3n) is 3.67. The van der Waals surface area contributed by atoms with Gasteiger partial charge in [0.05, 0.1) is 0 Å². The van der Waals surface area contributed by atoms with E-state index in [0.29, 0.717) is 11.3 Å². The van der Waals surface area contributed by atoms with E-state index < -0.39 is 0 Å². The maximum atomic E-state index is 6.25. The first-order valence-electron chi connectivity index (χ1n) is 7.14. The van der Waals surface area contributed by atoms with Crippen molar-refractivity contribution in [2.45, 2.75) is 57.4 Å². The van der Waals surface area contributed by atoms with Crippen molar-refractivity contribution in [1.82, 2.24) is 10.2 Å². The van der Waals surface area contributed by atoms with Gasteiger partial charge in [-0.3, -0.25) is 0 Å². The molecule has 1 saturated heterocycles. The molecule has 1 aliphatic rings. The highest BCUT2D eigenvalue weighted by atomic mass is 35.5. The Morgan fingerprint density at radius 1 is 1.35 bits per heavy atom. The van der Waals surface area contributed by atoms with Crippen LogP contribution in [0.25, 0.3) is 0 Å². The summed E-state index contributed by atoms with van der Waals surface area (Å²) in [6, 6.07) is 0.787. The lowest BCUT2D eigenvalue weighted by molar-refractivity contribution is 0.175. The summed E-state index contributed by atoms with van der Waals surface area (Å²) >= 11 is 6.25. The molecule has 0 amide bonds. The van der Waals surface area contributed by atoms with E-state index in [1.807, 2.05) is 0 Å². The van der Waals surface area contributed by atoms with Crippen molar-refractivity contribution in [1.29, 1.82) is 0 Å². The van der Waals surface area contributed by atoms with Crippen LogP contribution in [0.4, 0.5) is 0 Å². The number of nitrogens with one attached hydrogen (secondary N) is 1. The first kappa shape index (κ1) is 15.3. The van der Waals surface area contributed by atoms with Crippen molar-refractivity contribution in [3.8, 4) is 0 Å². The fourth-order valence-corrected chi connectivity index (χ4v) is 3.10. The third-order valence-corrected chi connectivity index (χ3v) is 4.00. The van der Waals surface area contributed by atoms with Crippen LogP contribution in [0, 0.1) is 5.92 Å². The number of halogens is 1. The number of hydrogen-bond acceptors (Lipinski definition) is 2. The number of hydrogen-bond donors (Lipinski definition) is 1. The van der Waals surface area contributed by atoms with Gasteiger partial charge in [0, 0.05) is 18.0 Å². The monoisotopic (exact) mass is 260 g/mol. The summed E-state index contributed by atoms with van der Waals surface area (Å²) in [5.41, 5.74) is 0. The maximum Gasteiger partial charge on any atom is 0.0463 e. The molecule has 0 aromatic carbocycles. The second-order valence-corrected chi connectivity index (χ2v) is 6.47. The van der Waals surface area contributed by atoms with Crippen LogP contribution in [0.2, 0.25) is 0 Å². The number of rotatable bonds is 7. The summed E-state index contributed by atoms with van der Waals surface area (Å²) < 4.78 is 0. The van der Waals surface area contributed by atoms with Gasteiger partial charge in [-0.2, -0.15) is 0 Å². The van der Waals surface area contributed by atoms with Crippen molar-refractivity contribution in [2.24, 2.45) is 5.92 Å². The van der Waals surface area contributed by atoms with E-state index >= 15 is 0 Å². The van der Waals surface area contributed by atoms with Crippen molar-refractivity contribution in [2.75, 3.05) is 26.7 Å². The highest BCUT2D eigenvalue weighted by Gasteiger charge is 2.18. The van der Waals surface area contributed by atoms with Gasteiger partial charge < -0.3 is 10.2 Å². The van der Waals surface area contributed by atoms with Crippen LogP contribution in [-0.2, 0) is 0 Å². The third kappa shape index (κ3) is 6.64. The number of nitrogens with zero attached hydrogens (tertiary/aromatic N) is 1. The average Bonchev–Trinajstić information content (AvgIpc) is 2.25. The molecule has 1 heterocycles. The second kappa shape index (κ2) is 8.34. The zero-order valence-electron chi connectivity index (χ0n) is 11.7. The van der Waals surface area contributed by atoms with E-state index in [1.165, 1.54) is 32.2 Å². The molecule has 1 fully saturated rings. The Labute approximate surface area is 112 Å². The van der Waals surface area contributed by atoms with Crippen LogP contribution in [-0.4, -0.2) is 43.0 Å². The van der Waals surface area contributed by atoms with Gasteiger partial charge in [-0.25, -0.2) is 0 Å². The molecular weight excluding hydrogens is 232 g/mol. The molecule has 2 atom stereocenters. The topological polar surface area (TPSA) is 15.3 Å². The lowest BCUT2D eigenvalue weighted by Crippen LogP contribution is -2.38. The standard InChI is InChI=1S/C14H29ClN2/c1-12(2)10-13(15)11-16-8-7-14-6-4-5-9-17(14)3/h12-14,16H,4-11H2,1-3H3. The Morgan fingerprint density at radius 2 is 2.12 bits per heavy atom. The Morgan fingerprint density at radius 3 is 2.76 bits per heavy atom. The second-order valence-electron chi connectivity index (χ2n) is 5.85. The van der Waals surface area contributed by atoms with Crippen LogP contribution in [0.15, 0.2) is 0 Å². The minimum absolute atomic E-state index is 0.291. The first-order valence-corrected chi connectivity index (χ1v) is 7.58. The number of likely N-dealkylation sites (tertiary alicyclic amines) is 1. The summed E-state index contributed by atoms with van der Waals surface area (Å²) in [5.74, 6) is 0.698. The molecule has 0 aromatic rings. The minimum Gasteiger partial charge on any atom is -0.315 e. The van der Waals surface area contributed by atoms with E-state index in [4.69, 9.17) is 11.6 Å². The van der Waals surface area contributed by atoms with Crippen molar-refractivity contribution in [3.63, 3.8) is 0 Å². The Kier molecular flexibility index (Phi) is 7.49. The summed E-state index contributed by atoms with van der Waals surface area (Å²) in [6.45, 7) is 7.79. The van der Waals surface area contributed by atoms with Gasteiger partial charge in [-0.05, 0) is 51.7 Å². The van der Waals surface area contributed by atoms with E-state index in [0.717, 1.165) is 25.6 Å². The molecule has 0 spiro atoms. The molecule has 1 aliphatic heterocycles. The Balaban J connectivity index is 2.03. The lowest BCUT2D eigenvalue weighted by Gasteiger charge is -2.32. The molecule has 1 N–H and O–H groups in total. The predicted octanol–water partition coefficient (Wildman–Crippen LogP) is 3.10. The molecule has 3 heteroatoms. The lowest BCUT2D eigenvalue weighted by atomic mass is 10.0. The summed E-state index contributed by atoms with van der Waals surface area (Å²) in [7, 11) is 2.26. The van der Waals surface area contributed by atoms with Gasteiger partial charge in [-0.15, -0.1) is 11.6 Å². The molecule has 0 radical (unpaired) electrons. The molecule has 0 saturated carbocycles. The normalized spacial score (nSPS) is 24.2. The SMILES string of the molecule is CC(C)CC(Cl)CNCCC1CCCCN1C. The van der Waals surface area contributed by atoms with Crippen LogP contribution in [0.1, 0.15) is 46.0 Å². The molecule has 102 valence electrons. The van der Waals surface area contributed by atoms with E-state index in [-0.39, 0.29) is 0 Å². The van der Waals surface area contributed by atoms with Crippen LogP contribution < -0.4 is 5.32 Å². The quantitative estimate of drug-likeness (QED) is 0.559. The number of piperidine rings is 1. The molecule has 0 bridgehead atoms. The molecule has 2 unspecified atom stereocenters. The van der Waals surface area contributed by atoms with Crippen LogP contribution >= 0.6 is 11.6 Å². The molecular formula is C14H29ClN2. The highest BCUT2D eigenvalue weighted by molar-refractivity contribution is 6.20. The average molecular weight is 261 g/mol. The van der Waals surface area contributed by atoms with Gasteiger partial charge >= 0.3 is 0 Å². The largest absolute Gasteiger partial charge is 0.315 e. The Hall–Kier alpha value is 0.210. The van der Waals surface area contributed by atoms with E-state index in [1.54, 1.807) is 0 Å². The first-order chi connectivity index (χ1) is 8.09. The van der Waals surface area contributed by atoms with Crippen molar-refractivity contribution >= 4 is 11.6 Å². The molecule has 2 nitrogen and oxygen atoms in total. The van der Waals surface area contributed by atoms with Crippen molar-refractivity contribution < 1.29 is 0 Å². The molecule has 1 rings (SSSR count). The Bertz CT molecular complexity index is 197. The molecule has 17 heavy (non-hydrogen) atoms. The van der Waals surface area contributed by atoms with E-state index in [9.17, 15) is 0 Å². The van der Waals surface area contributed by atoms with Gasteiger partial charge in [0.1, 0.15) is 0 Å². The smallest absolute Gasteiger partial charge is 0.0463 e. The molecule has 0 aliphatic carbocycles. The van der Waals surface area contributed by atoms with Crippen LogP contribution in [0.3, 0.4) is 0 Å². The zero-order chi connectivity index (χ0) is 12.7. The minimum atomic E-state index is 0.291. The summed E-state index contributed by atoms with van der Waals surface area (Å²) in [5, 5.41) is 3.79. The van der Waals surface area contributed by atoms with Gasteiger partial charge in [0.15, 0.2) is 0 Å². The number of alkyl halides is 1. The predicted molar refractivity (Wildman–Crippen MR) is 76.9 cm³/mol. The summed E-state index contributed by atoms with van der Waals surface area (Å²) in [4.78, 5) is 2.51. The van der Waals surface area contributed by atoms with Gasteiger partial charge in [-0.1, -0.05) is 20.3 Å². The summed E-state index contributed by atoms with van der Waals surface area (Å²) in [6.07, 6.45) is 6.52. The van der Waals surface area contributed by atoms with E-state index in [2.05, 4.69) is 31.1 Å². The fraction of sp³-hybridized carbons (Fsp3) is 1.00. The molecule has 0 aromatic heterocycles. The highest BCUT2D eigenvalue weighted by Crippen LogP contribution is 2.17. The van der Waals surface area contributed by atoms with Gasteiger partial charge in [0.2, 0.25) is 0 Å². The maximum absolute atomic E-state index is 6.25. The van der Waals surface area contributed by atoms with Gasteiger partial charge in [0.25, 0.3) is 0 Å². The van der Waals surface area contributed by atoms with Crippen LogP contribution in [0.5, 0.6) is 0 Å². The fourth-order valence-electron chi connectivity index (χ4n) is 2.63. The zero-order valence-corrected chi connectivity index (χ0v) is 12.5. The van der Waals surface area contributed by atoms with Crippen molar-refractivity contribution in [3.05, 3.63) is 0 Å².